The van der Waals surface area contributed by atoms with E-state index in [2.05, 4.69) is 15.3 Å². The van der Waals surface area contributed by atoms with Crippen molar-refractivity contribution in [3.63, 3.8) is 0 Å². The molecule has 3 N–H and O–H groups in total. The van der Waals surface area contributed by atoms with E-state index in [4.69, 9.17) is 20.2 Å². The highest BCUT2D eigenvalue weighted by Crippen LogP contribution is 2.35. The Morgan fingerprint density at radius 3 is 2.61 bits per heavy atom. The number of rotatable bonds is 5. The van der Waals surface area contributed by atoms with Crippen LogP contribution in [0.15, 0.2) is 30.6 Å². The molecule has 1 unspecified atom stereocenters. The highest BCUT2D eigenvalue weighted by atomic mass is 16.5. The summed E-state index contributed by atoms with van der Waals surface area (Å²) in [5, 5.41) is 4.85. The number of anilines is 2. The van der Waals surface area contributed by atoms with E-state index in [1.54, 1.807) is 36.4 Å². The van der Waals surface area contributed by atoms with E-state index in [1.807, 2.05) is 33.8 Å². The number of ether oxygens (including phenoxy) is 2. The molecule has 2 aliphatic rings. The molecular formula is C26H30N6O4. The Morgan fingerprint density at radius 1 is 1.17 bits per heavy atom. The van der Waals surface area contributed by atoms with Gasteiger partial charge in [-0.1, -0.05) is 6.92 Å². The van der Waals surface area contributed by atoms with Gasteiger partial charge >= 0.3 is 5.97 Å². The van der Waals surface area contributed by atoms with Gasteiger partial charge in [-0.2, -0.15) is 0 Å². The van der Waals surface area contributed by atoms with Gasteiger partial charge in [0.1, 0.15) is 23.8 Å². The molecule has 5 rings (SSSR count). The van der Waals surface area contributed by atoms with Gasteiger partial charge in [0.05, 0.1) is 29.7 Å². The van der Waals surface area contributed by atoms with Gasteiger partial charge in [-0.05, 0) is 49.9 Å². The van der Waals surface area contributed by atoms with E-state index < -0.39 is 5.54 Å². The first-order valence-electron chi connectivity index (χ1n) is 12.0. The highest BCUT2D eigenvalue weighted by molar-refractivity contribution is 5.93. The maximum Gasteiger partial charge on any atom is 0.340 e. The van der Waals surface area contributed by atoms with Crippen molar-refractivity contribution in [3.05, 3.63) is 47.4 Å². The van der Waals surface area contributed by atoms with E-state index >= 15 is 0 Å². The Hall–Kier alpha value is -3.79. The van der Waals surface area contributed by atoms with E-state index in [0.29, 0.717) is 41.9 Å². The van der Waals surface area contributed by atoms with E-state index in [0.717, 1.165) is 16.3 Å². The number of fused-ring (bicyclic) bond motifs is 2. The predicted molar refractivity (Wildman–Crippen MR) is 134 cm³/mol. The molecule has 188 valence electrons. The van der Waals surface area contributed by atoms with Gasteiger partial charge < -0.3 is 25.4 Å². The fourth-order valence-corrected chi connectivity index (χ4v) is 4.47. The van der Waals surface area contributed by atoms with Gasteiger partial charge in [0.2, 0.25) is 11.8 Å². The lowest BCUT2D eigenvalue weighted by Crippen LogP contribution is -2.55. The van der Waals surface area contributed by atoms with Gasteiger partial charge in [0.15, 0.2) is 0 Å². The number of pyridine rings is 3. The fourth-order valence-electron chi connectivity index (χ4n) is 4.47. The zero-order chi connectivity index (χ0) is 25.8. The molecular weight excluding hydrogens is 460 g/mol. The molecule has 10 nitrogen and oxygen atoms in total. The third kappa shape index (κ3) is 4.32. The van der Waals surface area contributed by atoms with Crippen molar-refractivity contribution in [2.45, 2.75) is 58.3 Å². The lowest BCUT2D eigenvalue weighted by Gasteiger charge is -2.38. The first-order chi connectivity index (χ1) is 17.0. The first kappa shape index (κ1) is 23.9. The number of nitrogens with one attached hydrogen (secondary N) is 1. The molecule has 3 aromatic rings. The van der Waals surface area contributed by atoms with Gasteiger partial charge in [-0.15, -0.1) is 0 Å². The number of hydrogen-bond acceptors (Lipinski definition) is 9. The Bertz CT molecular complexity index is 1360. The molecule has 0 bridgehead atoms. The Morgan fingerprint density at radius 2 is 1.92 bits per heavy atom. The third-order valence-corrected chi connectivity index (χ3v) is 6.83. The second-order valence-electron chi connectivity index (χ2n) is 10.1. The van der Waals surface area contributed by atoms with Crippen molar-refractivity contribution in [1.82, 2.24) is 19.9 Å². The molecule has 1 saturated heterocycles. The summed E-state index contributed by atoms with van der Waals surface area (Å²) >= 11 is 0. The number of cyclic esters (lactones) is 1. The molecule has 1 amide bonds. The van der Waals surface area contributed by atoms with Crippen LogP contribution < -0.4 is 15.8 Å². The second kappa shape index (κ2) is 8.70. The number of carbonyl (C=O) groups excluding carboxylic acids is 2. The molecule has 0 radical (unpaired) electrons. The van der Waals surface area contributed by atoms with Crippen molar-refractivity contribution < 1.29 is 19.1 Å². The van der Waals surface area contributed by atoms with Crippen molar-refractivity contribution >= 4 is 34.3 Å². The first-order valence-corrected chi connectivity index (χ1v) is 12.0. The van der Waals surface area contributed by atoms with Crippen LogP contribution in [0.5, 0.6) is 5.88 Å². The van der Waals surface area contributed by atoms with Crippen LogP contribution in [-0.4, -0.2) is 57.0 Å². The number of hydrogen-bond donors (Lipinski definition) is 2. The molecule has 2 atom stereocenters. The standard InChI is InChI=1S/C26H30N6O4/c1-13-14(2)35-25(34)17-6-7-21(31-23(13)17)30-22-8-18-19(9-28-22)24(29-10-20(18)26(4,5)27)36-16-11-32(12-16)15(3)33/h6-10,13-14,16H,11-12,27H2,1-5H3,(H,28,30,31)/t13-,14?/m0/s1. The maximum atomic E-state index is 12.2. The smallest absolute Gasteiger partial charge is 0.340 e. The topological polar surface area (TPSA) is 133 Å². The SMILES string of the molecule is CC(=O)N1CC(Oc2ncc(C(C)(C)N)c3cc(Nc4ccc5c(n4)[C@@H](C)C(C)OC5=O)ncc23)C1. The number of carbonyl (C=O) groups is 2. The zero-order valence-corrected chi connectivity index (χ0v) is 21.0. The number of nitrogens with two attached hydrogens (primary N) is 1. The lowest BCUT2D eigenvalue weighted by molar-refractivity contribution is -0.137. The molecule has 2 aliphatic heterocycles. The normalized spacial score (nSPS) is 19.9. The maximum absolute atomic E-state index is 12.2. The average Bonchev–Trinajstić information content (AvgIpc) is 2.78. The van der Waals surface area contributed by atoms with E-state index in [-0.39, 0.29) is 30.0 Å². The van der Waals surface area contributed by atoms with E-state index in [1.165, 1.54) is 0 Å². The summed E-state index contributed by atoms with van der Waals surface area (Å²) in [6.45, 7) is 10.3. The van der Waals surface area contributed by atoms with Gasteiger partial charge in [0.25, 0.3) is 0 Å². The summed E-state index contributed by atoms with van der Waals surface area (Å²) < 4.78 is 11.5. The Labute approximate surface area is 209 Å². The molecule has 10 heteroatoms. The molecule has 0 aromatic carbocycles. The van der Waals surface area contributed by atoms with Crippen molar-refractivity contribution in [2.24, 2.45) is 5.73 Å². The summed E-state index contributed by atoms with van der Waals surface area (Å²) in [5.41, 5.74) is 7.84. The molecule has 0 spiro atoms. The van der Waals surface area contributed by atoms with Gasteiger partial charge in [-0.25, -0.2) is 19.7 Å². The largest absolute Gasteiger partial charge is 0.470 e. The molecule has 36 heavy (non-hydrogen) atoms. The molecule has 0 aliphatic carbocycles. The second-order valence-corrected chi connectivity index (χ2v) is 10.1. The number of likely N-dealkylation sites (tertiary alicyclic amines) is 1. The minimum absolute atomic E-state index is 0.0233. The monoisotopic (exact) mass is 490 g/mol. The molecule has 1 fully saturated rings. The summed E-state index contributed by atoms with van der Waals surface area (Å²) in [4.78, 5) is 39.2. The van der Waals surface area contributed by atoms with Crippen LogP contribution >= 0.6 is 0 Å². The van der Waals surface area contributed by atoms with Crippen LogP contribution in [0.25, 0.3) is 10.8 Å². The van der Waals surface area contributed by atoms with Crippen LogP contribution in [0, 0.1) is 0 Å². The highest BCUT2D eigenvalue weighted by Gasteiger charge is 2.33. The van der Waals surface area contributed by atoms with Crippen molar-refractivity contribution in [1.29, 1.82) is 0 Å². The summed E-state index contributed by atoms with van der Waals surface area (Å²) in [6, 6.07) is 5.36. The Kier molecular flexibility index (Phi) is 5.78. The quantitative estimate of drug-likeness (QED) is 0.517. The van der Waals surface area contributed by atoms with Crippen molar-refractivity contribution in [3.8, 4) is 5.88 Å². The molecule has 3 aromatic heterocycles. The van der Waals surface area contributed by atoms with Crippen LogP contribution in [0.1, 0.15) is 62.2 Å². The third-order valence-electron chi connectivity index (χ3n) is 6.83. The van der Waals surface area contributed by atoms with Crippen LogP contribution in [0.4, 0.5) is 11.6 Å². The lowest BCUT2D eigenvalue weighted by atomic mass is 9.93. The van der Waals surface area contributed by atoms with E-state index in [9.17, 15) is 9.59 Å². The Balaban J connectivity index is 1.47. The minimum atomic E-state index is -0.652. The van der Waals surface area contributed by atoms with Gasteiger partial charge in [-0.3, -0.25) is 4.79 Å². The van der Waals surface area contributed by atoms with Crippen molar-refractivity contribution in [2.75, 3.05) is 18.4 Å². The number of nitrogens with zero attached hydrogens (tertiary/aromatic N) is 4. The van der Waals surface area contributed by atoms with Crippen LogP contribution in [-0.2, 0) is 15.1 Å². The number of esters is 1. The minimum Gasteiger partial charge on any atom is -0.470 e. The zero-order valence-electron chi connectivity index (χ0n) is 21.0. The summed E-state index contributed by atoms with van der Waals surface area (Å²) in [6.07, 6.45) is 3.08. The van der Waals surface area contributed by atoms with Crippen LogP contribution in [0.2, 0.25) is 0 Å². The van der Waals surface area contributed by atoms with Gasteiger partial charge in [0, 0.05) is 30.8 Å². The number of aromatic nitrogens is 3. The number of amides is 1. The summed E-state index contributed by atoms with van der Waals surface area (Å²) in [5.74, 6) is 1.26. The average molecular weight is 491 g/mol. The summed E-state index contributed by atoms with van der Waals surface area (Å²) in [7, 11) is 0. The molecule has 5 heterocycles. The fraction of sp³-hybridized carbons (Fsp3) is 0.423. The predicted octanol–water partition coefficient (Wildman–Crippen LogP) is 3.23. The molecule has 0 saturated carbocycles. The van der Waals surface area contributed by atoms with Crippen LogP contribution in [0.3, 0.4) is 0 Å².